The predicted molar refractivity (Wildman–Crippen MR) is 132 cm³/mol. The van der Waals surface area contributed by atoms with E-state index in [1.807, 2.05) is 34.9 Å². The number of urea groups is 1. The van der Waals surface area contributed by atoms with Gasteiger partial charge in [0.2, 0.25) is 0 Å². The summed E-state index contributed by atoms with van der Waals surface area (Å²) in [5.74, 6) is 1.26. The third-order valence-corrected chi connectivity index (χ3v) is 8.29. The number of pyridine rings is 1. The Morgan fingerprint density at radius 3 is 2.53 bits per heavy atom. The molecule has 6 nitrogen and oxygen atoms in total. The molecule has 0 radical (unpaired) electrons. The fraction of sp³-hybridized carbons (Fsp3) is 0.407. The van der Waals surface area contributed by atoms with Crippen LogP contribution in [0.2, 0.25) is 5.02 Å². The maximum atomic E-state index is 13.2. The van der Waals surface area contributed by atoms with E-state index in [4.69, 9.17) is 11.6 Å². The predicted octanol–water partition coefficient (Wildman–Crippen LogP) is 4.38. The van der Waals surface area contributed by atoms with E-state index in [1.54, 1.807) is 24.4 Å². The van der Waals surface area contributed by atoms with Crippen molar-refractivity contribution in [2.24, 2.45) is 17.8 Å². The number of aliphatic hydroxyl groups is 1. The molecule has 0 aliphatic heterocycles. The van der Waals surface area contributed by atoms with Crippen molar-refractivity contribution in [1.82, 2.24) is 15.2 Å². The van der Waals surface area contributed by atoms with Gasteiger partial charge in [-0.1, -0.05) is 29.8 Å². The van der Waals surface area contributed by atoms with Crippen molar-refractivity contribution in [3.63, 3.8) is 0 Å². The molecule has 0 spiro atoms. The van der Waals surface area contributed by atoms with Gasteiger partial charge in [0.15, 0.2) is 5.43 Å². The first-order chi connectivity index (χ1) is 16.4. The number of halogens is 1. The average molecular weight is 478 g/mol. The van der Waals surface area contributed by atoms with Crippen LogP contribution in [0.15, 0.2) is 59.5 Å². The van der Waals surface area contributed by atoms with Gasteiger partial charge in [0.25, 0.3) is 0 Å². The van der Waals surface area contributed by atoms with Crippen LogP contribution in [0.25, 0.3) is 16.6 Å². The molecule has 176 valence electrons. The maximum absolute atomic E-state index is 13.2. The highest BCUT2D eigenvalue weighted by atomic mass is 35.5. The highest BCUT2D eigenvalue weighted by Gasteiger charge is 2.55. The standard InChI is InChI=1S/C27H28ClN3O3/c28-20-6-7-22-23(10-20)31(21-4-2-1-3-5-21)15-19(25(22)32)14-29-26(33)30-24-17-8-16-9-18(24)13-27(34,11-16)12-17/h1-7,10,15-18,24,34H,8-9,11-14H2,(H2,29,30,33)/t16-,17-,18+,24?,27?. The Bertz CT molecular complexity index is 1310. The number of carbonyl (C=O) groups excluding carboxylic acids is 1. The normalized spacial score (nSPS) is 29.4. The van der Waals surface area contributed by atoms with Gasteiger partial charge in [0.05, 0.1) is 11.1 Å². The summed E-state index contributed by atoms with van der Waals surface area (Å²) < 4.78 is 1.94. The number of amides is 2. The molecule has 4 bridgehead atoms. The molecule has 5 atom stereocenters. The molecule has 3 N–H and O–H groups in total. The molecule has 2 aromatic carbocycles. The highest BCUT2D eigenvalue weighted by molar-refractivity contribution is 6.31. The Hall–Kier alpha value is -2.83. The Labute approximate surface area is 202 Å². The summed E-state index contributed by atoms with van der Waals surface area (Å²) >= 11 is 6.23. The summed E-state index contributed by atoms with van der Waals surface area (Å²) in [6, 6.07) is 14.8. The van der Waals surface area contributed by atoms with Gasteiger partial charge in [-0.2, -0.15) is 0 Å². The first-order valence-electron chi connectivity index (χ1n) is 12.0. The van der Waals surface area contributed by atoms with Gasteiger partial charge in [-0.15, -0.1) is 0 Å². The summed E-state index contributed by atoms with van der Waals surface area (Å²) in [7, 11) is 0. The first-order valence-corrected chi connectivity index (χ1v) is 12.4. The van der Waals surface area contributed by atoms with Gasteiger partial charge in [-0.05, 0) is 80.2 Å². The number of para-hydroxylation sites is 1. The number of benzene rings is 2. The fourth-order valence-corrected chi connectivity index (χ4v) is 7.04. The topological polar surface area (TPSA) is 83.4 Å². The molecule has 4 saturated carbocycles. The average Bonchev–Trinajstić information content (AvgIpc) is 2.80. The van der Waals surface area contributed by atoms with Gasteiger partial charge >= 0.3 is 6.03 Å². The van der Waals surface area contributed by atoms with Crippen molar-refractivity contribution in [2.75, 3.05) is 0 Å². The molecule has 1 heterocycles. The number of rotatable bonds is 4. The number of hydrogen-bond donors (Lipinski definition) is 3. The number of nitrogens with one attached hydrogen (secondary N) is 2. The Balaban J connectivity index is 1.23. The summed E-state index contributed by atoms with van der Waals surface area (Å²) in [6.07, 6.45) is 6.42. The molecule has 0 saturated heterocycles. The van der Waals surface area contributed by atoms with Crippen LogP contribution in [0.5, 0.6) is 0 Å². The lowest BCUT2D eigenvalue weighted by Crippen LogP contribution is -2.62. The second kappa shape index (κ2) is 8.14. The summed E-state index contributed by atoms with van der Waals surface area (Å²) in [5.41, 5.74) is 1.50. The van der Waals surface area contributed by atoms with Crippen LogP contribution >= 0.6 is 11.6 Å². The van der Waals surface area contributed by atoms with Crippen molar-refractivity contribution in [1.29, 1.82) is 0 Å². The van der Waals surface area contributed by atoms with E-state index in [9.17, 15) is 14.7 Å². The van der Waals surface area contributed by atoms with Crippen LogP contribution in [0.1, 0.15) is 37.7 Å². The van der Waals surface area contributed by atoms with Crippen molar-refractivity contribution in [2.45, 2.75) is 50.3 Å². The number of hydrogen-bond acceptors (Lipinski definition) is 3. The molecule has 2 unspecified atom stereocenters. The lowest BCUT2D eigenvalue weighted by atomic mass is 9.52. The van der Waals surface area contributed by atoms with Gasteiger partial charge in [0, 0.05) is 40.4 Å². The Morgan fingerprint density at radius 1 is 1.09 bits per heavy atom. The summed E-state index contributed by atoms with van der Waals surface area (Å²) in [6.45, 7) is 0.130. The van der Waals surface area contributed by atoms with E-state index in [1.165, 1.54) is 0 Å². The van der Waals surface area contributed by atoms with Gasteiger partial charge in [-0.3, -0.25) is 4.79 Å². The molecule has 1 aromatic heterocycles. The molecule has 4 aliphatic carbocycles. The van der Waals surface area contributed by atoms with Crippen LogP contribution in [0, 0.1) is 17.8 Å². The Morgan fingerprint density at radius 2 is 1.82 bits per heavy atom. The zero-order valence-corrected chi connectivity index (χ0v) is 19.6. The first kappa shape index (κ1) is 21.7. The van der Waals surface area contributed by atoms with Crippen molar-refractivity contribution < 1.29 is 9.90 Å². The van der Waals surface area contributed by atoms with Crippen LogP contribution in [-0.4, -0.2) is 27.3 Å². The van der Waals surface area contributed by atoms with Crippen LogP contribution < -0.4 is 16.1 Å². The monoisotopic (exact) mass is 477 g/mol. The largest absolute Gasteiger partial charge is 0.390 e. The van der Waals surface area contributed by atoms with Crippen LogP contribution in [0.3, 0.4) is 0 Å². The zero-order valence-electron chi connectivity index (χ0n) is 18.8. The number of fused-ring (bicyclic) bond motifs is 1. The minimum atomic E-state index is -0.526. The minimum absolute atomic E-state index is 0.0940. The van der Waals surface area contributed by atoms with Crippen molar-refractivity contribution in [3.8, 4) is 5.69 Å². The molecular formula is C27H28ClN3O3. The second-order valence-electron chi connectivity index (χ2n) is 10.4. The van der Waals surface area contributed by atoms with E-state index in [-0.39, 0.29) is 24.0 Å². The van der Waals surface area contributed by atoms with Gasteiger partial charge < -0.3 is 20.3 Å². The molecule has 34 heavy (non-hydrogen) atoms. The van der Waals surface area contributed by atoms with Crippen LogP contribution in [0.4, 0.5) is 4.79 Å². The second-order valence-corrected chi connectivity index (χ2v) is 10.8. The molecular weight excluding hydrogens is 450 g/mol. The van der Waals surface area contributed by atoms with E-state index in [0.29, 0.717) is 33.7 Å². The van der Waals surface area contributed by atoms with Crippen molar-refractivity contribution in [3.05, 3.63) is 75.5 Å². The molecule has 7 heteroatoms. The number of aromatic nitrogens is 1. The molecule has 7 rings (SSSR count). The Kier molecular flexibility index (Phi) is 5.19. The lowest BCUT2D eigenvalue weighted by molar-refractivity contribution is -0.136. The van der Waals surface area contributed by atoms with Gasteiger partial charge in [0.1, 0.15) is 0 Å². The third kappa shape index (κ3) is 3.79. The molecule has 2 amide bonds. The van der Waals surface area contributed by atoms with E-state index < -0.39 is 5.60 Å². The van der Waals surface area contributed by atoms with Crippen molar-refractivity contribution >= 4 is 28.5 Å². The highest BCUT2D eigenvalue weighted by Crippen LogP contribution is 2.55. The van der Waals surface area contributed by atoms with Gasteiger partial charge in [-0.25, -0.2) is 4.79 Å². The molecule has 4 aliphatic rings. The SMILES string of the molecule is O=C(NCc1cn(-c2ccccc2)c2cc(Cl)ccc2c1=O)NC1[C@@H]2C[C@@H]3C[C@H]1CC(O)(C3)C2. The van der Waals surface area contributed by atoms with Crippen LogP contribution in [-0.2, 0) is 6.54 Å². The quantitative estimate of drug-likeness (QED) is 0.521. The summed E-state index contributed by atoms with van der Waals surface area (Å²) in [4.78, 5) is 26.1. The zero-order chi connectivity index (χ0) is 23.4. The molecule has 4 fully saturated rings. The van der Waals surface area contributed by atoms with E-state index in [0.717, 1.165) is 43.3 Å². The molecule has 3 aromatic rings. The van der Waals surface area contributed by atoms with E-state index in [2.05, 4.69) is 10.6 Å². The third-order valence-electron chi connectivity index (χ3n) is 8.05. The smallest absolute Gasteiger partial charge is 0.315 e. The number of nitrogens with zero attached hydrogens (tertiary/aromatic N) is 1. The maximum Gasteiger partial charge on any atom is 0.315 e. The minimum Gasteiger partial charge on any atom is -0.390 e. The van der Waals surface area contributed by atoms with E-state index >= 15 is 0 Å². The number of carbonyl (C=O) groups is 1. The lowest BCUT2D eigenvalue weighted by Gasteiger charge is -2.58. The summed E-state index contributed by atoms with van der Waals surface area (Å²) in [5, 5.41) is 18.0. The fourth-order valence-electron chi connectivity index (χ4n) is 6.88.